The van der Waals surface area contributed by atoms with Gasteiger partial charge in [0.05, 0.1) is 13.2 Å². The number of carbonyl (C=O) groups is 2. The molecule has 1 saturated heterocycles. The van der Waals surface area contributed by atoms with Gasteiger partial charge in [-0.15, -0.1) is 0 Å². The zero-order chi connectivity index (χ0) is 25.1. The van der Waals surface area contributed by atoms with Gasteiger partial charge in [0.1, 0.15) is 5.52 Å². The van der Waals surface area contributed by atoms with E-state index >= 15 is 0 Å². The van der Waals surface area contributed by atoms with Crippen LogP contribution in [0.1, 0.15) is 56.4 Å². The second-order valence-electron chi connectivity index (χ2n) is 9.49. The summed E-state index contributed by atoms with van der Waals surface area (Å²) in [5, 5.41) is 3.05. The molecule has 2 aliphatic rings. The Morgan fingerprint density at radius 2 is 2.00 bits per heavy atom. The van der Waals surface area contributed by atoms with Gasteiger partial charge in [-0.25, -0.2) is 4.98 Å². The van der Waals surface area contributed by atoms with Crippen molar-refractivity contribution in [1.29, 1.82) is 0 Å². The molecule has 1 saturated carbocycles. The quantitative estimate of drug-likeness (QED) is 0.455. The highest BCUT2D eigenvalue weighted by Crippen LogP contribution is 2.37. The number of aromatic nitrogens is 1. The summed E-state index contributed by atoms with van der Waals surface area (Å²) in [6, 6.07) is 11.3. The lowest BCUT2D eigenvalue weighted by Crippen LogP contribution is -2.41. The van der Waals surface area contributed by atoms with Crippen LogP contribution in [0.3, 0.4) is 0 Å². The summed E-state index contributed by atoms with van der Waals surface area (Å²) in [6.45, 7) is 1.92. The van der Waals surface area contributed by atoms with E-state index < -0.39 is 0 Å². The van der Waals surface area contributed by atoms with Gasteiger partial charge in [-0.05, 0) is 61.9 Å². The number of piperidine rings is 1. The Bertz CT molecular complexity index is 1250. The summed E-state index contributed by atoms with van der Waals surface area (Å²) in [5.74, 6) is 1.80. The molecule has 0 bridgehead atoms. The molecule has 5 rings (SSSR count). The summed E-state index contributed by atoms with van der Waals surface area (Å²) in [5.41, 5.74) is 4.44. The van der Waals surface area contributed by atoms with E-state index in [-0.39, 0.29) is 29.8 Å². The molecule has 2 heterocycles. The van der Waals surface area contributed by atoms with Crippen LogP contribution in [0, 0.1) is 5.92 Å². The number of fused-ring (bicyclic) bond motifs is 1. The molecule has 0 unspecified atom stereocenters. The van der Waals surface area contributed by atoms with Crippen LogP contribution >= 0.6 is 0 Å². The summed E-state index contributed by atoms with van der Waals surface area (Å²) in [4.78, 5) is 33.8. The lowest BCUT2D eigenvalue weighted by molar-refractivity contribution is -0.127. The fraction of sp³-hybridized carbons (Fsp3) is 0.444. The van der Waals surface area contributed by atoms with Gasteiger partial charge in [-0.2, -0.15) is 5.48 Å². The molecule has 2 fully saturated rings. The number of benzene rings is 2. The molecular formula is C27H31N3O6. The van der Waals surface area contributed by atoms with Gasteiger partial charge in [0.25, 0.3) is 0 Å². The van der Waals surface area contributed by atoms with Crippen molar-refractivity contribution in [3.8, 4) is 17.2 Å². The SMILES string of the molecule is COc1ccc([C@H]2CNC(=O)[C@H](Cc3nc4cccc(ONC(C)=O)c4o3)C2)cc1OC1CCCC1. The highest BCUT2D eigenvalue weighted by molar-refractivity contribution is 5.81. The molecule has 9 nitrogen and oxygen atoms in total. The summed E-state index contributed by atoms with van der Waals surface area (Å²) in [6.07, 6.45) is 5.77. The van der Waals surface area contributed by atoms with Crippen molar-refractivity contribution >= 4 is 22.9 Å². The molecule has 3 aromatic rings. The smallest absolute Gasteiger partial charge is 0.249 e. The molecule has 1 aromatic heterocycles. The number of oxazole rings is 1. The first-order valence-corrected chi connectivity index (χ1v) is 12.4. The van der Waals surface area contributed by atoms with Gasteiger partial charge in [-0.1, -0.05) is 12.1 Å². The molecule has 1 aliphatic heterocycles. The second kappa shape index (κ2) is 10.5. The van der Waals surface area contributed by atoms with E-state index in [0.29, 0.717) is 42.1 Å². The van der Waals surface area contributed by atoms with E-state index in [4.69, 9.17) is 18.7 Å². The number of hydroxylamine groups is 1. The zero-order valence-electron chi connectivity index (χ0n) is 20.5. The molecule has 2 amide bonds. The van der Waals surface area contributed by atoms with Crippen LogP contribution in [-0.2, 0) is 16.0 Å². The van der Waals surface area contributed by atoms with Crippen LogP contribution < -0.4 is 25.1 Å². The normalized spacial score (nSPS) is 20.2. The number of nitrogens with zero attached hydrogens (tertiary/aromatic N) is 1. The number of para-hydroxylation sites is 1. The molecule has 2 N–H and O–H groups in total. The average Bonchev–Trinajstić information content (AvgIpc) is 3.53. The lowest BCUT2D eigenvalue weighted by atomic mass is 9.83. The standard InChI is InChI=1S/C27H31N3O6/c1-16(31)30-36-23-9-5-8-21-26(23)35-25(29-21)14-18-12-19(15-28-27(18)32)17-10-11-22(33-2)24(13-17)34-20-6-3-4-7-20/h5,8-11,13,18-20H,3-4,6-7,12,14-15H2,1-2H3,(H,28,32)(H,30,31)/t18-,19+/m0/s1. The Hall–Kier alpha value is -3.75. The Labute approximate surface area is 209 Å². The Morgan fingerprint density at radius 1 is 1.17 bits per heavy atom. The maximum absolute atomic E-state index is 12.7. The van der Waals surface area contributed by atoms with Crippen LogP contribution in [0.15, 0.2) is 40.8 Å². The third kappa shape index (κ3) is 5.24. The van der Waals surface area contributed by atoms with Gasteiger partial charge in [-0.3, -0.25) is 9.59 Å². The topological polar surface area (TPSA) is 112 Å². The highest BCUT2D eigenvalue weighted by atomic mass is 16.7. The summed E-state index contributed by atoms with van der Waals surface area (Å²) < 4.78 is 17.8. The third-order valence-corrected chi connectivity index (χ3v) is 6.87. The monoisotopic (exact) mass is 493 g/mol. The first kappa shape index (κ1) is 24.0. The largest absolute Gasteiger partial charge is 0.493 e. The maximum atomic E-state index is 12.7. The van der Waals surface area contributed by atoms with Crippen molar-refractivity contribution in [3.05, 3.63) is 47.9 Å². The van der Waals surface area contributed by atoms with Gasteiger partial charge < -0.3 is 24.0 Å². The van der Waals surface area contributed by atoms with E-state index in [0.717, 1.165) is 29.9 Å². The first-order chi connectivity index (χ1) is 17.5. The summed E-state index contributed by atoms with van der Waals surface area (Å²) >= 11 is 0. The number of ether oxygens (including phenoxy) is 2. The number of amides is 2. The lowest BCUT2D eigenvalue weighted by Gasteiger charge is -2.29. The molecular weight excluding hydrogens is 462 g/mol. The van der Waals surface area contributed by atoms with Gasteiger partial charge in [0, 0.05) is 31.7 Å². The minimum Gasteiger partial charge on any atom is -0.493 e. The molecule has 1 aliphatic carbocycles. The molecule has 2 atom stereocenters. The molecule has 2 aromatic carbocycles. The maximum Gasteiger partial charge on any atom is 0.249 e. The zero-order valence-corrected chi connectivity index (χ0v) is 20.5. The van der Waals surface area contributed by atoms with E-state index in [1.165, 1.54) is 19.8 Å². The van der Waals surface area contributed by atoms with Crippen molar-refractivity contribution in [2.24, 2.45) is 5.92 Å². The van der Waals surface area contributed by atoms with Crippen LogP contribution in [0.5, 0.6) is 17.2 Å². The second-order valence-corrected chi connectivity index (χ2v) is 9.49. The minimum atomic E-state index is -0.327. The predicted molar refractivity (Wildman–Crippen MR) is 132 cm³/mol. The number of rotatable bonds is 8. The molecule has 190 valence electrons. The fourth-order valence-electron chi connectivity index (χ4n) is 5.03. The van der Waals surface area contributed by atoms with E-state index in [1.807, 2.05) is 12.1 Å². The number of hydrogen-bond donors (Lipinski definition) is 2. The number of nitrogens with one attached hydrogen (secondary N) is 2. The average molecular weight is 494 g/mol. The number of methoxy groups -OCH3 is 1. The van der Waals surface area contributed by atoms with Crippen molar-refractivity contribution < 1.29 is 28.3 Å². The number of carbonyl (C=O) groups excluding carboxylic acids is 2. The molecule has 9 heteroatoms. The van der Waals surface area contributed by atoms with Crippen LogP contribution in [0.25, 0.3) is 11.1 Å². The van der Waals surface area contributed by atoms with Crippen LogP contribution in [0.4, 0.5) is 0 Å². The Balaban J connectivity index is 1.32. The minimum absolute atomic E-state index is 0.0147. The van der Waals surface area contributed by atoms with Crippen LogP contribution in [0.2, 0.25) is 0 Å². The Morgan fingerprint density at radius 3 is 2.78 bits per heavy atom. The first-order valence-electron chi connectivity index (χ1n) is 12.4. The van der Waals surface area contributed by atoms with Crippen molar-refractivity contribution in [1.82, 2.24) is 15.8 Å². The van der Waals surface area contributed by atoms with Crippen molar-refractivity contribution in [3.63, 3.8) is 0 Å². The molecule has 36 heavy (non-hydrogen) atoms. The van der Waals surface area contributed by atoms with E-state index in [1.54, 1.807) is 25.3 Å². The third-order valence-electron chi connectivity index (χ3n) is 6.87. The van der Waals surface area contributed by atoms with Crippen molar-refractivity contribution in [2.75, 3.05) is 13.7 Å². The predicted octanol–water partition coefficient (Wildman–Crippen LogP) is 4.05. The molecule has 0 spiro atoms. The van der Waals surface area contributed by atoms with Crippen LogP contribution in [-0.4, -0.2) is 36.6 Å². The molecule has 0 radical (unpaired) electrons. The Kier molecular flexibility index (Phi) is 6.97. The van der Waals surface area contributed by atoms with Gasteiger partial charge >= 0.3 is 0 Å². The van der Waals surface area contributed by atoms with E-state index in [9.17, 15) is 9.59 Å². The van der Waals surface area contributed by atoms with Gasteiger partial charge in [0.2, 0.25) is 11.8 Å². The fourth-order valence-corrected chi connectivity index (χ4v) is 5.03. The van der Waals surface area contributed by atoms with Crippen molar-refractivity contribution in [2.45, 2.75) is 57.5 Å². The highest BCUT2D eigenvalue weighted by Gasteiger charge is 2.32. The van der Waals surface area contributed by atoms with E-state index in [2.05, 4.69) is 21.8 Å². The summed E-state index contributed by atoms with van der Waals surface area (Å²) in [7, 11) is 1.65. The van der Waals surface area contributed by atoms with Gasteiger partial charge in [0.15, 0.2) is 28.7 Å². The number of hydrogen-bond acceptors (Lipinski definition) is 7.